The largest absolute Gasteiger partial charge is 0.366 e. The number of nitriles is 1. The van der Waals surface area contributed by atoms with E-state index in [9.17, 15) is 14.9 Å². The molecule has 0 bridgehead atoms. The quantitative estimate of drug-likeness (QED) is 0.521. The van der Waals surface area contributed by atoms with Crippen molar-refractivity contribution in [3.63, 3.8) is 0 Å². The molecule has 152 valence electrons. The fourth-order valence-corrected chi connectivity index (χ4v) is 3.95. The molecule has 6 N–H and O–H groups in total. The molecule has 7 nitrogen and oxygen atoms in total. The minimum absolute atomic E-state index is 0.201. The number of amides is 2. The second kappa shape index (κ2) is 7.01. The number of nitrogens with zero attached hydrogens (tertiary/aromatic N) is 1. The van der Waals surface area contributed by atoms with Gasteiger partial charge < -0.3 is 21.8 Å². The van der Waals surface area contributed by atoms with Crippen molar-refractivity contribution in [2.24, 2.45) is 16.9 Å². The molecule has 1 aromatic heterocycles. The van der Waals surface area contributed by atoms with Crippen molar-refractivity contribution >= 4 is 28.4 Å². The van der Waals surface area contributed by atoms with Gasteiger partial charge in [-0.05, 0) is 61.1 Å². The monoisotopic (exact) mass is 401 g/mol. The summed E-state index contributed by atoms with van der Waals surface area (Å²) in [5, 5.41) is 13.1. The van der Waals surface area contributed by atoms with Crippen LogP contribution in [0.4, 0.5) is 5.69 Å². The van der Waals surface area contributed by atoms with E-state index in [1.165, 1.54) is 0 Å². The molecule has 30 heavy (non-hydrogen) atoms. The minimum Gasteiger partial charge on any atom is -0.366 e. The van der Waals surface area contributed by atoms with Crippen molar-refractivity contribution in [2.75, 3.05) is 5.32 Å². The highest BCUT2D eigenvalue weighted by Gasteiger charge is 2.50. The Morgan fingerprint density at radius 1 is 1.20 bits per heavy atom. The van der Waals surface area contributed by atoms with Gasteiger partial charge in [0.15, 0.2) is 0 Å². The van der Waals surface area contributed by atoms with E-state index in [2.05, 4.69) is 16.4 Å². The van der Waals surface area contributed by atoms with Crippen LogP contribution in [0.5, 0.6) is 0 Å². The van der Waals surface area contributed by atoms with E-state index in [1.54, 1.807) is 12.1 Å². The third kappa shape index (κ3) is 2.93. The fourth-order valence-electron chi connectivity index (χ4n) is 3.95. The van der Waals surface area contributed by atoms with Gasteiger partial charge in [-0.1, -0.05) is 18.2 Å². The Morgan fingerprint density at radius 2 is 1.93 bits per heavy atom. The second-order valence-electron chi connectivity index (χ2n) is 7.83. The molecule has 2 aromatic carbocycles. The van der Waals surface area contributed by atoms with Gasteiger partial charge in [0, 0.05) is 23.3 Å². The van der Waals surface area contributed by atoms with Crippen LogP contribution in [0.2, 0.25) is 0 Å². The third-order valence-corrected chi connectivity index (χ3v) is 6.04. The summed E-state index contributed by atoms with van der Waals surface area (Å²) >= 11 is 0. The molecule has 1 saturated carbocycles. The van der Waals surface area contributed by atoms with Crippen LogP contribution in [0.1, 0.15) is 40.0 Å². The molecular weight excluding hydrogens is 378 g/mol. The van der Waals surface area contributed by atoms with E-state index in [0.717, 1.165) is 33.3 Å². The van der Waals surface area contributed by atoms with Gasteiger partial charge in [0.05, 0.1) is 17.1 Å². The first-order valence-electron chi connectivity index (χ1n) is 9.79. The maximum Gasteiger partial charge on any atom is 0.250 e. The molecule has 0 spiro atoms. The summed E-state index contributed by atoms with van der Waals surface area (Å²) in [7, 11) is 0. The topological polar surface area (TPSA) is 138 Å². The average molecular weight is 401 g/mol. The van der Waals surface area contributed by atoms with Gasteiger partial charge in [0.2, 0.25) is 5.91 Å². The van der Waals surface area contributed by atoms with Crippen molar-refractivity contribution < 1.29 is 9.59 Å². The van der Waals surface area contributed by atoms with Gasteiger partial charge in [-0.2, -0.15) is 5.26 Å². The number of aromatic nitrogens is 1. The number of primary amides is 1. The predicted octanol–water partition coefficient (Wildman–Crippen LogP) is 3.25. The molecule has 7 heteroatoms. The molecule has 0 radical (unpaired) electrons. The lowest BCUT2D eigenvalue weighted by atomic mass is 9.92. The number of benzene rings is 2. The molecule has 4 rings (SSSR count). The molecule has 1 heterocycles. The van der Waals surface area contributed by atoms with Crippen LogP contribution in [0.15, 0.2) is 30.3 Å². The highest BCUT2D eigenvalue weighted by Crippen LogP contribution is 2.46. The van der Waals surface area contributed by atoms with Crippen LogP contribution >= 0.6 is 0 Å². The lowest BCUT2D eigenvalue weighted by molar-refractivity contribution is -0.119. The smallest absolute Gasteiger partial charge is 0.250 e. The summed E-state index contributed by atoms with van der Waals surface area (Å²) in [6.45, 7) is 4.13. The number of H-pyrrole nitrogens is 1. The predicted molar refractivity (Wildman–Crippen MR) is 116 cm³/mol. The van der Waals surface area contributed by atoms with Crippen LogP contribution in [0.3, 0.4) is 0 Å². The Hall–Kier alpha value is -3.63. The first-order chi connectivity index (χ1) is 14.3. The molecule has 1 aliphatic carbocycles. The number of aromatic amines is 1. The Balaban J connectivity index is 1.89. The van der Waals surface area contributed by atoms with Crippen LogP contribution in [-0.4, -0.2) is 16.8 Å². The first kappa shape index (κ1) is 19.7. The standard InChI is InChI=1S/C23H23N5O2/c1-12-13(2)27-20-16(21(26)29)7-6-15(19(12)20)14-4-3-5-18(17(14)10-24)28-22(30)23(11-25)8-9-23/h3-7,27H,8-10,24H2,1-2H3,(H2,26,29)(H,28,30). The van der Waals surface area contributed by atoms with E-state index in [-0.39, 0.29) is 12.5 Å². The van der Waals surface area contributed by atoms with E-state index < -0.39 is 11.3 Å². The maximum absolute atomic E-state index is 12.6. The van der Waals surface area contributed by atoms with E-state index in [1.807, 2.05) is 32.0 Å². The van der Waals surface area contributed by atoms with Gasteiger partial charge in [-0.25, -0.2) is 0 Å². The molecule has 0 aliphatic heterocycles. The molecule has 2 amide bonds. The van der Waals surface area contributed by atoms with Gasteiger partial charge in [-0.3, -0.25) is 9.59 Å². The van der Waals surface area contributed by atoms with Crippen LogP contribution in [0.25, 0.3) is 22.0 Å². The molecule has 0 saturated heterocycles. The van der Waals surface area contributed by atoms with Gasteiger partial charge in [0.1, 0.15) is 5.41 Å². The van der Waals surface area contributed by atoms with E-state index in [0.29, 0.717) is 29.6 Å². The number of carbonyl (C=O) groups excluding carboxylic acids is 2. The number of fused-ring (bicyclic) bond motifs is 1. The number of aryl methyl sites for hydroxylation is 2. The molecular formula is C23H23N5O2. The van der Waals surface area contributed by atoms with Crippen molar-refractivity contribution in [3.8, 4) is 17.2 Å². The SMILES string of the molecule is Cc1[nH]c2c(C(N)=O)ccc(-c3cccc(NC(=O)C4(C#N)CC4)c3CN)c2c1C. The summed E-state index contributed by atoms with van der Waals surface area (Å²) in [6, 6.07) is 11.3. The number of carbonyl (C=O) groups is 2. The van der Waals surface area contributed by atoms with Crippen LogP contribution < -0.4 is 16.8 Å². The second-order valence-corrected chi connectivity index (χ2v) is 7.83. The van der Waals surface area contributed by atoms with Crippen molar-refractivity contribution in [1.82, 2.24) is 4.98 Å². The number of anilines is 1. The average Bonchev–Trinajstić information content (AvgIpc) is 3.48. The minimum atomic E-state index is -0.924. The van der Waals surface area contributed by atoms with Gasteiger partial charge in [-0.15, -0.1) is 0 Å². The van der Waals surface area contributed by atoms with E-state index in [4.69, 9.17) is 11.5 Å². The first-order valence-corrected chi connectivity index (χ1v) is 9.79. The Kier molecular flexibility index (Phi) is 4.60. The molecule has 0 atom stereocenters. The third-order valence-electron chi connectivity index (χ3n) is 6.04. The van der Waals surface area contributed by atoms with Crippen molar-refractivity contribution in [2.45, 2.75) is 33.2 Å². The Labute approximate surface area is 174 Å². The zero-order chi connectivity index (χ0) is 21.6. The lowest BCUT2D eigenvalue weighted by Gasteiger charge is -2.17. The normalized spacial score (nSPS) is 14.3. The van der Waals surface area contributed by atoms with Crippen LogP contribution in [-0.2, 0) is 11.3 Å². The number of nitrogens with two attached hydrogens (primary N) is 2. The lowest BCUT2D eigenvalue weighted by Crippen LogP contribution is -2.23. The summed E-state index contributed by atoms with van der Waals surface area (Å²) in [4.78, 5) is 27.8. The highest BCUT2D eigenvalue weighted by molar-refractivity contribution is 6.11. The summed E-state index contributed by atoms with van der Waals surface area (Å²) in [6.07, 6.45) is 1.15. The Morgan fingerprint density at radius 3 is 2.53 bits per heavy atom. The highest BCUT2D eigenvalue weighted by atomic mass is 16.2. The zero-order valence-corrected chi connectivity index (χ0v) is 16.9. The molecule has 1 fully saturated rings. The fraction of sp³-hybridized carbons (Fsp3) is 0.261. The molecule has 3 aromatic rings. The summed E-state index contributed by atoms with van der Waals surface area (Å²) in [5.41, 5.74) is 16.9. The van der Waals surface area contributed by atoms with E-state index >= 15 is 0 Å². The summed E-state index contributed by atoms with van der Waals surface area (Å²) < 4.78 is 0. The Bertz CT molecular complexity index is 1240. The molecule has 1 aliphatic rings. The van der Waals surface area contributed by atoms with Gasteiger partial charge in [0.25, 0.3) is 5.91 Å². The maximum atomic E-state index is 12.6. The summed E-state index contributed by atoms with van der Waals surface area (Å²) in [5.74, 6) is -0.793. The van der Waals surface area contributed by atoms with Crippen molar-refractivity contribution in [1.29, 1.82) is 5.26 Å². The number of hydrogen-bond acceptors (Lipinski definition) is 4. The van der Waals surface area contributed by atoms with Gasteiger partial charge >= 0.3 is 0 Å². The molecule has 0 unspecified atom stereocenters. The van der Waals surface area contributed by atoms with Crippen LogP contribution in [0, 0.1) is 30.6 Å². The van der Waals surface area contributed by atoms with Crippen molar-refractivity contribution in [3.05, 3.63) is 52.7 Å². The number of rotatable bonds is 5. The number of hydrogen-bond donors (Lipinski definition) is 4. The zero-order valence-electron chi connectivity index (χ0n) is 16.9. The number of nitrogens with one attached hydrogen (secondary N) is 2.